The molecule has 4 rings (SSSR count). The molecule has 2 heterocycles. The van der Waals surface area contributed by atoms with Crippen LogP contribution < -0.4 is 10.2 Å². The van der Waals surface area contributed by atoms with E-state index in [1.807, 2.05) is 43.3 Å². The van der Waals surface area contributed by atoms with Gasteiger partial charge in [-0.3, -0.25) is 4.79 Å². The quantitative estimate of drug-likeness (QED) is 0.667. The Balaban J connectivity index is 1.61. The second-order valence-corrected chi connectivity index (χ2v) is 7.87. The van der Waals surface area contributed by atoms with Gasteiger partial charge in [-0.2, -0.15) is 0 Å². The fraction of sp³-hybridized carbons (Fsp3) is 0.286. The van der Waals surface area contributed by atoms with Gasteiger partial charge in [0.2, 0.25) is 0 Å². The Kier molecular flexibility index (Phi) is 4.93. The van der Waals surface area contributed by atoms with Crippen LogP contribution in [0.25, 0.3) is 11.0 Å². The highest BCUT2D eigenvalue weighted by molar-refractivity contribution is 9.10. The van der Waals surface area contributed by atoms with Crippen LogP contribution in [0.4, 0.5) is 11.4 Å². The van der Waals surface area contributed by atoms with Gasteiger partial charge in [0, 0.05) is 41.6 Å². The first kappa shape index (κ1) is 18.1. The van der Waals surface area contributed by atoms with E-state index in [2.05, 4.69) is 44.2 Å². The Hall–Kier alpha value is -2.31. The van der Waals surface area contributed by atoms with E-state index in [1.54, 1.807) is 0 Å². The summed E-state index contributed by atoms with van der Waals surface area (Å²) in [4.78, 5) is 17.6. The molecule has 0 aliphatic carbocycles. The maximum atomic E-state index is 12.9. The maximum absolute atomic E-state index is 12.9. The van der Waals surface area contributed by atoms with Crippen LogP contribution in [-0.4, -0.2) is 44.0 Å². The molecule has 1 amide bonds. The number of amides is 1. The summed E-state index contributed by atoms with van der Waals surface area (Å²) in [5.74, 6) is 0.137. The molecule has 1 aliphatic rings. The van der Waals surface area contributed by atoms with Gasteiger partial charge in [-0.1, -0.05) is 28.1 Å². The monoisotopic (exact) mass is 427 g/mol. The first-order valence-electron chi connectivity index (χ1n) is 9.05. The van der Waals surface area contributed by atoms with Crippen LogP contribution in [0.5, 0.6) is 0 Å². The molecule has 0 saturated carbocycles. The number of aryl methyl sites for hydroxylation is 1. The van der Waals surface area contributed by atoms with Crippen molar-refractivity contribution in [2.75, 3.05) is 43.4 Å². The molecule has 1 aromatic heterocycles. The number of fused-ring (bicyclic) bond motifs is 1. The zero-order valence-electron chi connectivity index (χ0n) is 15.5. The molecule has 1 fully saturated rings. The molecular weight excluding hydrogens is 406 g/mol. The lowest BCUT2D eigenvalue weighted by atomic mass is 10.1. The van der Waals surface area contributed by atoms with Gasteiger partial charge in [-0.05, 0) is 44.3 Å². The van der Waals surface area contributed by atoms with Crippen molar-refractivity contribution in [3.05, 3.63) is 58.3 Å². The third-order valence-electron chi connectivity index (χ3n) is 5.10. The fourth-order valence-electron chi connectivity index (χ4n) is 3.50. The topological polar surface area (TPSA) is 48.7 Å². The van der Waals surface area contributed by atoms with Crippen LogP contribution in [0.3, 0.4) is 0 Å². The van der Waals surface area contributed by atoms with Crippen LogP contribution in [-0.2, 0) is 0 Å². The molecular formula is C21H22BrN3O2. The van der Waals surface area contributed by atoms with E-state index in [0.29, 0.717) is 11.3 Å². The first-order valence-corrected chi connectivity index (χ1v) is 9.85. The van der Waals surface area contributed by atoms with Crippen molar-refractivity contribution in [3.63, 3.8) is 0 Å². The number of para-hydroxylation sites is 2. The van der Waals surface area contributed by atoms with Crippen LogP contribution in [0.1, 0.15) is 16.1 Å². The number of halogens is 1. The molecule has 6 heteroatoms. The molecule has 2 aromatic carbocycles. The lowest BCUT2D eigenvalue weighted by Gasteiger charge is -2.35. The number of carbonyl (C=O) groups is 1. The van der Waals surface area contributed by atoms with Gasteiger partial charge >= 0.3 is 0 Å². The summed E-state index contributed by atoms with van der Waals surface area (Å²) in [6.45, 7) is 5.84. The van der Waals surface area contributed by atoms with Gasteiger partial charge < -0.3 is 19.5 Å². The van der Waals surface area contributed by atoms with Gasteiger partial charge in [0.15, 0.2) is 5.76 Å². The summed E-state index contributed by atoms with van der Waals surface area (Å²) in [5, 5.41) is 4.01. The summed E-state index contributed by atoms with van der Waals surface area (Å²) in [5.41, 5.74) is 3.43. The number of furan rings is 1. The largest absolute Gasteiger partial charge is 0.451 e. The third-order valence-corrected chi connectivity index (χ3v) is 5.60. The second-order valence-electron chi connectivity index (χ2n) is 6.96. The zero-order chi connectivity index (χ0) is 19.0. The van der Waals surface area contributed by atoms with E-state index in [-0.39, 0.29) is 5.91 Å². The van der Waals surface area contributed by atoms with Gasteiger partial charge in [-0.25, -0.2) is 0 Å². The molecule has 5 nitrogen and oxygen atoms in total. The van der Waals surface area contributed by atoms with Crippen molar-refractivity contribution in [2.45, 2.75) is 6.92 Å². The number of likely N-dealkylation sites (N-methyl/N-ethyl adjacent to an activating group) is 1. The second kappa shape index (κ2) is 7.37. The third kappa shape index (κ3) is 3.59. The summed E-state index contributed by atoms with van der Waals surface area (Å²) in [6.07, 6.45) is 0. The van der Waals surface area contributed by atoms with E-state index in [9.17, 15) is 4.79 Å². The van der Waals surface area contributed by atoms with Crippen molar-refractivity contribution in [2.24, 2.45) is 0 Å². The SMILES string of the molecule is Cc1c(C(=O)Nc2ccccc2N2CCN(C)CC2)oc2cc(Br)ccc12. The summed E-state index contributed by atoms with van der Waals surface area (Å²) in [7, 11) is 2.13. The normalized spacial score (nSPS) is 15.3. The van der Waals surface area contributed by atoms with Gasteiger partial charge in [0.05, 0.1) is 11.4 Å². The van der Waals surface area contributed by atoms with Crippen LogP contribution in [0.2, 0.25) is 0 Å². The van der Waals surface area contributed by atoms with Crippen LogP contribution >= 0.6 is 15.9 Å². The highest BCUT2D eigenvalue weighted by Crippen LogP contribution is 2.30. The Morgan fingerprint density at radius 1 is 1.11 bits per heavy atom. The summed E-state index contributed by atoms with van der Waals surface area (Å²) in [6, 6.07) is 13.8. The number of nitrogens with zero attached hydrogens (tertiary/aromatic N) is 2. The highest BCUT2D eigenvalue weighted by Gasteiger charge is 2.21. The Bertz CT molecular complexity index is 990. The van der Waals surface area contributed by atoms with E-state index < -0.39 is 0 Å². The van der Waals surface area contributed by atoms with Crippen molar-refractivity contribution < 1.29 is 9.21 Å². The van der Waals surface area contributed by atoms with Crippen molar-refractivity contribution in [1.29, 1.82) is 0 Å². The predicted molar refractivity (Wildman–Crippen MR) is 113 cm³/mol. The zero-order valence-corrected chi connectivity index (χ0v) is 17.0. The Morgan fingerprint density at radius 3 is 2.63 bits per heavy atom. The van der Waals surface area contributed by atoms with Gasteiger partial charge in [-0.15, -0.1) is 0 Å². The number of hydrogen-bond acceptors (Lipinski definition) is 4. The highest BCUT2D eigenvalue weighted by atomic mass is 79.9. The number of carbonyl (C=O) groups excluding carboxylic acids is 1. The minimum Gasteiger partial charge on any atom is -0.451 e. The van der Waals surface area contributed by atoms with Gasteiger partial charge in [0.1, 0.15) is 5.58 Å². The molecule has 0 bridgehead atoms. The number of benzene rings is 2. The van der Waals surface area contributed by atoms with E-state index in [0.717, 1.165) is 53.0 Å². The standard InChI is InChI=1S/C21H22BrN3O2/c1-14-16-8-7-15(22)13-19(16)27-20(14)21(26)23-17-5-3-4-6-18(17)25-11-9-24(2)10-12-25/h3-8,13H,9-12H2,1-2H3,(H,23,26). The summed E-state index contributed by atoms with van der Waals surface area (Å²) >= 11 is 3.45. The van der Waals surface area contributed by atoms with Crippen LogP contribution in [0.15, 0.2) is 51.4 Å². The lowest BCUT2D eigenvalue weighted by molar-refractivity contribution is 0.0998. The maximum Gasteiger partial charge on any atom is 0.291 e. The van der Waals surface area contributed by atoms with E-state index in [1.165, 1.54) is 0 Å². The Labute approximate surface area is 167 Å². The Morgan fingerprint density at radius 2 is 1.85 bits per heavy atom. The smallest absolute Gasteiger partial charge is 0.291 e. The van der Waals surface area contributed by atoms with E-state index in [4.69, 9.17) is 4.42 Å². The molecule has 0 radical (unpaired) electrons. The average Bonchev–Trinajstić information content (AvgIpc) is 2.99. The molecule has 0 spiro atoms. The molecule has 27 heavy (non-hydrogen) atoms. The molecule has 140 valence electrons. The molecule has 1 aliphatic heterocycles. The average molecular weight is 428 g/mol. The van der Waals surface area contributed by atoms with Crippen molar-refractivity contribution >= 4 is 44.2 Å². The minimum absolute atomic E-state index is 0.221. The molecule has 1 saturated heterocycles. The first-order chi connectivity index (χ1) is 13.0. The number of anilines is 2. The number of hydrogen-bond donors (Lipinski definition) is 1. The lowest BCUT2D eigenvalue weighted by Crippen LogP contribution is -2.44. The van der Waals surface area contributed by atoms with Crippen molar-refractivity contribution in [1.82, 2.24) is 4.90 Å². The number of nitrogens with one attached hydrogen (secondary N) is 1. The van der Waals surface area contributed by atoms with Gasteiger partial charge in [0.25, 0.3) is 5.91 Å². The minimum atomic E-state index is -0.221. The fourth-order valence-corrected chi connectivity index (χ4v) is 3.84. The van der Waals surface area contributed by atoms with E-state index >= 15 is 0 Å². The molecule has 3 aromatic rings. The van der Waals surface area contributed by atoms with Crippen molar-refractivity contribution in [3.8, 4) is 0 Å². The number of piperazine rings is 1. The molecule has 0 atom stereocenters. The summed E-state index contributed by atoms with van der Waals surface area (Å²) < 4.78 is 6.78. The molecule has 0 unspecified atom stereocenters. The van der Waals surface area contributed by atoms with Crippen LogP contribution in [0, 0.1) is 6.92 Å². The predicted octanol–water partition coefficient (Wildman–Crippen LogP) is 4.51. The number of rotatable bonds is 3. The molecule has 1 N–H and O–H groups in total.